The molecule has 144 valence electrons. The van der Waals surface area contributed by atoms with E-state index in [0.29, 0.717) is 5.56 Å². The van der Waals surface area contributed by atoms with Gasteiger partial charge in [0.05, 0.1) is 7.11 Å². The van der Waals surface area contributed by atoms with Crippen molar-refractivity contribution in [3.05, 3.63) is 59.7 Å². The van der Waals surface area contributed by atoms with Crippen LogP contribution in [0.25, 0.3) is 0 Å². The summed E-state index contributed by atoms with van der Waals surface area (Å²) in [6.45, 7) is -3.17. The maximum absolute atomic E-state index is 12.8. The fourth-order valence-corrected chi connectivity index (χ4v) is 2.34. The Morgan fingerprint density at radius 2 is 1.67 bits per heavy atom. The lowest BCUT2D eigenvalue weighted by molar-refractivity contribution is -0.138. The van der Waals surface area contributed by atoms with Gasteiger partial charge in [0.25, 0.3) is 5.91 Å². The molecule has 0 heterocycles. The third kappa shape index (κ3) is 4.93. The van der Waals surface area contributed by atoms with E-state index in [1.165, 1.54) is 44.3 Å². The summed E-state index contributed by atoms with van der Waals surface area (Å²) in [6.07, 6.45) is -1.24. The highest BCUT2D eigenvalue weighted by Crippen LogP contribution is 2.34. The number of alkyl halides is 2. The molecule has 0 aliphatic carbocycles. The van der Waals surface area contributed by atoms with Crippen LogP contribution in [-0.4, -0.2) is 44.6 Å². The zero-order valence-corrected chi connectivity index (χ0v) is 15.0. The number of carbonyl (C=O) groups is 2. The number of likely N-dealkylation sites (N-methyl/N-ethyl adjacent to an activating group) is 1. The average Bonchev–Trinajstić information content (AvgIpc) is 2.65. The van der Waals surface area contributed by atoms with Gasteiger partial charge in [0.1, 0.15) is 5.56 Å². The van der Waals surface area contributed by atoms with Gasteiger partial charge in [0.15, 0.2) is 11.5 Å². The van der Waals surface area contributed by atoms with Crippen LogP contribution >= 0.6 is 0 Å². The van der Waals surface area contributed by atoms with Gasteiger partial charge in [0.2, 0.25) is 6.10 Å². The summed E-state index contributed by atoms with van der Waals surface area (Å²) in [7, 11) is 4.29. The van der Waals surface area contributed by atoms with Crippen molar-refractivity contribution in [3.63, 3.8) is 0 Å². The van der Waals surface area contributed by atoms with E-state index in [-0.39, 0.29) is 11.3 Å². The van der Waals surface area contributed by atoms with E-state index in [0.717, 1.165) is 0 Å². The second-order valence-electron chi connectivity index (χ2n) is 5.64. The lowest BCUT2D eigenvalue weighted by Crippen LogP contribution is -2.31. The SMILES string of the molecule is COc1cccc(C(=O)OC(C(=O)N(C)C)c2ccccc2)c1OC(F)F. The Labute approximate surface area is 155 Å². The maximum Gasteiger partial charge on any atom is 0.387 e. The Morgan fingerprint density at radius 3 is 2.22 bits per heavy atom. The smallest absolute Gasteiger partial charge is 0.387 e. The largest absolute Gasteiger partial charge is 0.493 e. The van der Waals surface area contributed by atoms with E-state index in [9.17, 15) is 18.4 Å². The van der Waals surface area contributed by atoms with Gasteiger partial charge in [0, 0.05) is 19.7 Å². The predicted molar refractivity (Wildman–Crippen MR) is 92.9 cm³/mol. The third-order valence-electron chi connectivity index (χ3n) is 3.62. The fraction of sp³-hybridized carbons (Fsp3) is 0.263. The molecule has 0 bridgehead atoms. The summed E-state index contributed by atoms with van der Waals surface area (Å²) in [5, 5.41) is 0. The molecular weight excluding hydrogens is 360 g/mol. The van der Waals surface area contributed by atoms with E-state index >= 15 is 0 Å². The molecule has 2 rings (SSSR count). The van der Waals surface area contributed by atoms with Crippen LogP contribution in [0, 0.1) is 0 Å². The highest BCUT2D eigenvalue weighted by Gasteiger charge is 2.29. The number of nitrogens with zero attached hydrogens (tertiary/aromatic N) is 1. The van der Waals surface area contributed by atoms with E-state index in [2.05, 4.69) is 4.74 Å². The Balaban J connectivity index is 2.39. The molecule has 1 amide bonds. The molecule has 0 radical (unpaired) electrons. The summed E-state index contributed by atoms with van der Waals surface area (Å²) in [6, 6.07) is 12.4. The molecule has 8 heteroatoms. The van der Waals surface area contributed by atoms with Gasteiger partial charge in [-0.15, -0.1) is 0 Å². The van der Waals surface area contributed by atoms with Crippen molar-refractivity contribution >= 4 is 11.9 Å². The normalized spacial score (nSPS) is 11.6. The Hall–Kier alpha value is -3.16. The highest BCUT2D eigenvalue weighted by molar-refractivity contribution is 5.95. The number of para-hydroxylation sites is 1. The number of carbonyl (C=O) groups excluding carboxylic acids is 2. The molecule has 0 aliphatic rings. The Kier molecular flexibility index (Phi) is 6.70. The molecule has 0 saturated carbocycles. The van der Waals surface area contributed by atoms with Crippen molar-refractivity contribution in [1.29, 1.82) is 0 Å². The van der Waals surface area contributed by atoms with Crippen LogP contribution in [0.2, 0.25) is 0 Å². The summed E-state index contributed by atoms with van der Waals surface area (Å²) in [5.41, 5.74) is 0.172. The van der Waals surface area contributed by atoms with Crippen LogP contribution in [0.1, 0.15) is 22.0 Å². The van der Waals surface area contributed by atoms with E-state index in [4.69, 9.17) is 9.47 Å². The minimum Gasteiger partial charge on any atom is -0.493 e. The zero-order chi connectivity index (χ0) is 20.0. The summed E-state index contributed by atoms with van der Waals surface area (Å²) in [4.78, 5) is 26.4. The zero-order valence-electron chi connectivity index (χ0n) is 15.0. The van der Waals surface area contributed by atoms with Crippen molar-refractivity contribution in [3.8, 4) is 11.5 Å². The van der Waals surface area contributed by atoms with Crippen LogP contribution in [0.3, 0.4) is 0 Å². The topological polar surface area (TPSA) is 65.1 Å². The monoisotopic (exact) mass is 379 g/mol. The van der Waals surface area contributed by atoms with Gasteiger partial charge >= 0.3 is 12.6 Å². The van der Waals surface area contributed by atoms with Crippen molar-refractivity contribution in [2.45, 2.75) is 12.7 Å². The maximum atomic E-state index is 12.8. The van der Waals surface area contributed by atoms with E-state index in [1.54, 1.807) is 30.3 Å². The minimum atomic E-state index is -3.17. The third-order valence-corrected chi connectivity index (χ3v) is 3.62. The second-order valence-corrected chi connectivity index (χ2v) is 5.64. The lowest BCUT2D eigenvalue weighted by atomic mass is 10.1. The van der Waals surface area contributed by atoms with E-state index in [1.807, 2.05) is 0 Å². The molecule has 0 aliphatic heterocycles. The Morgan fingerprint density at radius 1 is 1.00 bits per heavy atom. The molecule has 0 N–H and O–H groups in total. The van der Waals surface area contributed by atoms with Crippen LogP contribution in [-0.2, 0) is 9.53 Å². The first-order chi connectivity index (χ1) is 12.8. The van der Waals surface area contributed by atoms with Gasteiger partial charge in [-0.3, -0.25) is 4.79 Å². The summed E-state index contributed by atoms with van der Waals surface area (Å²) >= 11 is 0. The number of ether oxygens (including phenoxy) is 3. The molecule has 6 nitrogen and oxygen atoms in total. The molecule has 0 saturated heterocycles. The van der Waals surface area contributed by atoms with Crippen molar-refractivity contribution in [2.24, 2.45) is 0 Å². The van der Waals surface area contributed by atoms with Gasteiger partial charge in [-0.05, 0) is 12.1 Å². The number of rotatable bonds is 7. The molecule has 2 aromatic rings. The number of esters is 1. The first-order valence-electron chi connectivity index (χ1n) is 7.94. The molecule has 1 atom stereocenters. The number of halogens is 2. The molecule has 0 aromatic heterocycles. The average molecular weight is 379 g/mol. The summed E-state index contributed by atoms with van der Waals surface area (Å²) < 4.78 is 40.3. The van der Waals surface area contributed by atoms with Gasteiger partial charge < -0.3 is 19.1 Å². The van der Waals surface area contributed by atoms with Gasteiger partial charge in [-0.2, -0.15) is 8.78 Å². The summed E-state index contributed by atoms with van der Waals surface area (Å²) in [5.74, 6) is -1.98. The number of methoxy groups -OCH3 is 1. The standard InChI is InChI=1S/C19H19F2NO5/c1-22(2)17(23)15(12-8-5-4-6-9-12)26-18(24)13-10-7-11-14(25-3)16(13)27-19(20)21/h4-11,15,19H,1-3H3. The number of hydrogen-bond donors (Lipinski definition) is 0. The van der Waals surface area contributed by atoms with Crippen LogP contribution in [0.4, 0.5) is 8.78 Å². The first-order valence-corrected chi connectivity index (χ1v) is 7.94. The molecule has 1 unspecified atom stereocenters. The van der Waals surface area contributed by atoms with E-state index < -0.39 is 30.3 Å². The van der Waals surface area contributed by atoms with Gasteiger partial charge in [-0.1, -0.05) is 36.4 Å². The second kappa shape index (κ2) is 8.98. The molecule has 0 fully saturated rings. The van der Waals surface area contributed by atoms with Crippen LogP contribution in [0.5, 0.6) is 11.5 Å². The van der Waals surface area contributed by atoms with Crippen molar-refractivity contribution in [1.82, 2.24) is 4.90 Å². The van der Waals surface area contributed by atoms with Crippen molar-refractivity contribution in [2.75, 3.05) is 21.2 Å². The number of amides is 1. The highest BCUT2D eigenvalue weighted by atomic mass is 19.3. The minimum absolute atomic E-state index is 0.0556. The lowest BCUT2D eigenvalue weighted by Gasteiger charge is -2.22. The van der Waals surface area contributed by atoms with Gasteiger partial charge in [-0.25, -0.2) is 4.79 Å². The predicted octanol–water partition coefficient (Wildman–Crippen LogP) is 3.28. The van der Waals surface area contributed by atoms with Crippen LogP contribution in [0.15, 0.2) is 48.5 Å². The molecule has 0 spiro atoms. The van der Waals surface area contributed by atoms with Crippen LogP contribution < -0.4 is 9.47 Å². The first kappa shape index (κ1) is 20.2. The molecule has 2 aromatic carbocycles. The molecular formula is C19H19F2NO5. The quantitative estimate of drug-likeness (QED) is 0.691. The molecule has 27 heavy (non-hydrogen) atoms. The number of benzene rings is 2. The van der Waals surface area contributed by atoms with Crippen molar-refractivity contribution < 1.29 is 32.6 Å². The Bertz CT molecular complexity index is 796. The number of hydrogen-bond acceptors (Lipinski definition) is 5. The fourth-order valence-electron chi connectivity index (χ4n) is 2.34.